The number of hydrogen-bond acceptors (Lipinski definition) is 3. The first-order chi connectivity index (χ1) is 9.99. The van der Waals surface area contributed by atoms with Crippen LogP contribution in [0.25, 0.3) is 0 Å². The standard InChI is InChI=1S/C14H18Cl2N2O2S/c1-21(20)10-9-17-5-7-18(8-6-17)14(19)11-3-2-4-12(15)13(11)16/h2-4H,5-10H2,1H3/t21-/m1/s1. The lowest BCUT2D eigenvalue weighted by molar-refractivity contribution is 0.0644. The van der Waals surface area contributed by atoms with Crippen molar-refractivity contribution < 1.29 is 9.00 Å². The molecule has 2 rings (SSSR count). The van der Waals surface area contributed by atoms with Gasteiger partial charge in [-0.1, -0.05) is 29.3 Å². The van der Waals surface area contributed by atoms with Gasteiger partial charge in [-0.05, 0) is 12.1 Å². The molecule has 1 aliphatic heterocycles. The third-order valence-electron chi connectivity index (χ3n) is 3.54. The third-order valence-corrected chi connectivity index (χ3v) is 5.11. The van der Waals surface area contributed by atoms with E-state index in [0.29, 0.717) is 34.5 Å². The SMILES string of the molecule is C[S@@](=O)CCN1CCN(C(=O)c2cccc(Cl)c2Cl)CC1. The molecule has 21 heavy (non-hydrogen) atoms. The fourth-order valence-corrected chi connectivity index (χ4v) is 3.17. The molecule has 4 nitrogen and oxygen atoms in total. The summed E-state index contributed by atoms with van der Waals surface area (Å²) in [6.45, 7) is 3.70. The molecule has 1 aromatic carbocycles. The van der Waals surface area contributed by atoms with Gasteiger partial charge >= 0.3 is 0 Å². The van der Waals surface area contributed by atoms with Crippen LogP contribution in [-0.4, -0.2) is 64.6 Å². The molecule has 0 radical (unpaired) electrons. The zero-order chi connectivity index (χ0) is 15.4. The molecule has 1 amide bonds. The molecule has 0 unspecified atom stereocenters. The van der Waals surface area contributed by atoms with Crippen molar-refractivity contribution in [3.8, 4) is 0 Å². The summed E-state index contributed by atoms with van der Waals surface area (Å²) in [4.78, 5) is 16.5. The second kappa shape index (κ2) is 7.58. The Balaban J connectivity index is 1.94. The van der Waals surface area contributed by atoms with Gasteiger partial charge in [-0.15, -0.1) is 0 Å². The van der Waals surface area contributed by atoms with Crippen molar-refractivity contribution in [3.63, 3.8) is 0 Å². The van der Waals surface area contributed by atoms with Crippen molar-refractivity contribution in [2.24, 2.45) is 0 Å². The molecule has 7 heteroatoms. The van der Waals surface area contributed by atoms with Crippen molar-refractivity contribution in [1.82, 2.24) is 9.80 Å². The zero-order valence-corrected chi connectivity index (χ0v) is 14.2. The molecule has 1 atom stereocenters. The maximum absolute atomic E-state index is 12.5. The van der Waals surface area contributed by atoms with Crippen LogP contribution in [0.1, 0.15) is 10.4 Å². The maximum atomic E-state index is 12.5. The Kier molecular flexibility index (Phi) is 6.05. The Morgan fingerprint density at radius 3 is 2.52 bits per heavy atom. The second-order valence-electron chi connectivity index (χ2n) is 5.01. The molecule has 0 N–H and O–H groups in total. The quantitative estimate of drug-likeness (QED) is 0.836. The van der Waals surface area contributed by atoms with Gasteiger partial charge < -0.3 is 4.90 Å². The lowest BCUT2D eigenvalue weighted by Crippen LogP contribution is -2.49. The number of nitrogens with zero attached hydrogens (tertiary/aromatic N) is 2. The molecule has 1 fully saturated rings. The highest BCUT2D eigenvalue weighted by atomic mass is 35.5. The Hall–Kier alpha value is -0.620. The number of amides is 1. The number of benzene rings is 1. The summed E-state index contributed by atoms with van der Waals surface area (Å²) in [5, 5.41) is 0.708. The van der Waals surface area contributed by atoms with E-state index in [-0.39, 0.29) is 5.91 Å². The van der Waals surface area contributed by atoms with Crippen molar-refractivity contribution in [2.75, 3.05) is 44.7 Å². The fourth-order valence-electron chi connectivity index (χ4n) is 2.27. The normalized spacial score (nSPS) is 17.8. The summed E-state index contributed by atoms with van der Waals surface area (Å²) in [5.41, 5.74) is 0.451. The molecule has 0 spiro atoms. The molecule has 0 aromatic heterocycles. The smallest absolute Gasteiger partial charge is 0.255 e. The highest BCUT2D eigenvalue weighted by Gasteiger charge is 2.24. The molecular weight excluding hydrogens is 331 g/mol. The number of carbonyl (C=O) groups excluding carboxylic acids is 1. The topological polar surface area (TPSA) is 40.6 Å². The van der Waals surface area contributed by atoms with E-state index in [2.05, 4.69) is 4.90 Å². The number of rotatable bonds is 4. The minimum Gasteiger partial charge on any atom is -0.336 e. The van der Waals surface area contributed by atoms with Gasteiger partial charge in [0.2, 0.25) is 0 Å². The molecular formula is C14H18Cl2N2O2S. The molecule has 116 valence electrons. The van der Waals surface area contributed by atoms with Crippen molar-refractivity contribution in [3.05, 3.63) is 33.8 Å². The lowest BCUT2D eigenvalue weighted by Gasteiger charge is -2.34. The van der Waals surface area contributed by atoms with Crippen LogP contribution in [-0.2, 0) is 10.8 Å². The van der Waals surface area contributed by atoms with E-state index in [1.165, 1.54) is 0 Å². The second-order valence-corrected chi connectivity index (χ2v) is 7.35. The molecule has 0 saturated carbocycles. The number of halogens is 2. The van der Waals surface area contributed by atoms with Crippen LogP contribution in [0.4, 0.5) is 0 Å². The molecule has 1 aliphatic rings. The number of carbonyl (C=O) groups is 1. The van der Waals surface area contributed by atoms with E-state index in [4.69, 9.17) is 23.2 Å². The van der Waals surface area contributed by atoms with Crippen molar-refractivity contribution >= 4 is 39.9 Å². The van der Waals surface area contributed by atoms with Crippen LogP contribution in [0, 0.1) is 0 Å². The predicted octanol–water partition coefficient (Wildman–Crippen LogP) is 2.13. The Bertz CT molecular complexity index is 546. The van der Waals surface area contributed by atoms with E-state index in [1.807, 2.05) is 0 Å². The van der Waals surface area contributed by atoms with Crippen molar-refractivity contribution in [2.45, 2.75) is 0 Å². The van der Waals surface area contributed by atoms with Crippen LogP contribution in [0.15, 0.2) is 18.2 Å². The Labute approximate surface area is 137 Å². The average molecular weight is 349 g/mol. The van der Waals surface area contributed by atoms with Gasteiger partial charge in [-0.3, -0.25) is 13.9 Å². The van der Waals surface area contributed by atoms with Crippen LogP contribution in [0.2, 0.25) is 10.0 Å². The zero-order valence-electron chi connectivity index (χ0n) is 11.8. The van der Waals surface area contributed by atoms with Gasteiger partial charge in [-0.25, -0.2) is 0 Å². The highest BCUT2D eigenvalue weighted by Crippen LogP contribution is 2.26. The minimum atomic E-state index is -0.775. The Morgan fingerprint density at radius 2 is 1.90 bits per heavy atom. The summed E-state index contributed by atoms with van der Waals surface area (Å²) in [5.74, 6) is 0.592. The molecule has 0 aliphatic carbocycles. The predicted molar refractivity (Wildman–Crippen MR) is 87.7 cm³/mol. The maximum Gasteiger partial charge on any atom is 0.255 e. The van der Waals surface area contributed by atoms with E-state index in [0.717, 1.165) is 19.6 Å². The van der Waals surface area contributed by atoms with Gasteiger partial charge in [0, 0.05) is 55.5 Å². The molecule has 1 saturated heterocycles. The number of hydrogen-bond donors (Lipinski definition) is 0. The van der Waals surface area contributed by atoms with E-state index >= 15 is 0 Å². The average Bonchev–Trinajstić information content (AvgIpc) is 2.48. The summed E-state index contributed by atoms with van der Waals surface area (Å²) in [6, 6.07) is 5.10. The molecule has 1 heterocycles. The summed E-state index contributed by atoms with van der Waals surface area (Å²) < 4.78 is 11.1. The highest BCUT2D eigenvalue weighted by molar-refractivity contribution is 7.84. The summed E-state index contributed by atoms with van der Waals surface area (Å²) >= 11 is 12.0. The van der Waals surface area contributed by atoms with E-state index in [9.17, 15) is 9.00 Å². The van der Waals surface area contributed by atoms with E-state index in [1.54, 1.807) is 29.4 Å². The van der Waals surface area contributed by atoms with Gasteiger partial charge in [0.1, 0.15) is 0 Å². The first-order valence-electron chi connectivity index (χ1n) is 6.74. The van der Waals surface area contributed by atoms with Gasteiger partial charge in [0.15, 0.2) is 0 Å². The first-order valence-corrected chi connectivity index (χ1v) is 9.23. The van der Waals surface area contributed by atoms with Crippen LogP contribution in [0.5, 0.6) is 0 Å². The monoisotopic (exact) mass is 348 g/mol. The van der Waals surface area contributed by atoms with Crippen LogP contribution >= 0.6 is 23.2 Å². The summed E-state index contributed by atoms with van der Waals surface area (Å²) in [7, 11) is -0.775. The summed E-state index contributed by atoms with van der Waals surface area (Å²) in [6.07, 6.45) is 1.71. The van der Waals surface area contributed by atoms with Gasteiger partial charge in [0.25, 0.3) is 5.91 Å². The minimum absolute atomic E-state index is 0.0822. The fraction of sp³-hybridized carbons (Fsp3) is 0.500. The third kappa shape index (κ3) is 4.42. The van der Waals surface area contributed by atoms with Gasteiger partial charge in [0.05, 0.1) is 15.6 Å². The molecule has 1 aromatic rings. The first kappa shape index (κ1) is 16.7. The van der Waals surface area contributed by atoms with Crippen molar-refractivity contribution in [1.29, 1.82) is 0 Å². The lowest BCUT2D eigenvalue weighted by atomic mass is 10.2. The van der Waals surface area contributed by atoms with Gasteiger partial charge in [-0.2, -0.15) is 0 Å². The van der Waals surface area contributed by atoms with Crippen LogP contribution in [0.3, 0.4) is 0 Å². The molecule has 0 bridgehead atoms. The number of piperazine rings is 1. The largest absolute Gasteiger partial charge is 0.336 e. The van der Waals surface area contributed by atoms with E-state index < -0.39 is 10.8 Å². The Morgan fingerprint density at radius 1 is 1.24 bits per heavy atom. The van der Waals surface area contributed by atoms with Crippen LogP contribution < -0.4 is 0 Å².